The van der Waals surface area contributed by atoms with Gasteiger partial charge in [0.05, 0.1) is 11.8 Å². The number of nitrogens with one attached hydrogen (secondary N) is 1. The molecule has 12 heteroatoms. The number of aromatic nitrogens is 4. The molecule has 1 N–H and O–H groups in total. The molecule has 170 valence electrons. The molecule has 0 atom stereocenters. The van der Waals surface area contributed by atoms with Crippen LogP contribution < -0.4 is 10.2 Å². The van der Waals surface area contributed by atoms with E-state index in [0.717, 1.165) is 6.41 Å². The Morgan fingerprint density at radius 2 is 1.94 bits per heavy atom. The fourth-order valence-electron chi connectivity index (χ4n) is 3.64. The summed E-state index contributed by atoms with van der Waals surface area (Å²) < 4.78 is 1.43. The van der Waals surface area contributed by atoms with E-state index >= 15 is 0 Å². The summed E-state index contributed by atoms with van der Waals surface area (Å²) in [6.07, 6.45) is 3.84. The molecule has 0 aliphatic carbocycles. The first kappa shape index (κ1) is 22.4. The van der Waals surface area contributed by atoms with E-state index < -0.39 is 0 Å². The Balaban J connectivity index is 1.76. The molecular weight excluding hydrogens is 434 g/mol. The zero-order chi connectivity index (χ0) is 24.1. The minimum absolute atomic E-state index is 0.218. The van der Waals surface area contributed by atoms with Crippen molar-refractivity contribution in [1.29, 1.82) is 10.5 Å². The third kappa shape index (κ3) is 4.12. The number of nitriles is 2. The maximum atomic E-state index is 11.0. The molecule has 1 aliphatic rings. The van der Waals surface area contributed by atoms with Gasteiger partial charge in [-0.15, -0.1) is 10.2 Å². The number of piperazine rings is 1. The average Bonchev–Trinajstić information content (AvgIpc) is 3.31. The molecule has 1 fully saturated rings. The summed E-state index contributed by atoms with van der Waals surface area (Å²) in [5.41, 5.74) is 1.59. The smallest absolute Gasteiger partial charge is 0.209 e. The molecule has 12 nitrogen and oxygen atoms in total. The molecule has 1 saturated heterocycles. The Labute approximate surface area is 195 Å². The van der Waals surface area contributed by atoms with Crippen LogP contribution in [-0.4, -0.2) is 64.3 Å². The van der Waals surface area contributed by atoms with Gasteiger partial charge in [0.1, 0.15) is 29.2 Å². The first-order valence-electron chi connectivity index (χ1n) is 10.5. The fourth-order valence-corrected chi connectivity index (χ4v) is 3.64. The van der Waals surface area contributed by atoms with Crippen LogP contribution in [0.1, 0.15) is 16.7 Å². The maximum absolute atomic E-state index is 11.0. The molecule has 0 spiro atoms. The molecule has 34 heavy (non-hydrogen) atoms. The van der Waals surface area contributed by atoms with Crippen LogP contribution in [0.2, 0.25) is 0 Å². The number of anilines is 2. The average molecular weight is 455 g/mol. The molecule has 4 heterocycles. The van der Waals surface area contributed by atoms with Crippen molar-refractivity contribution in [3.63, 3.8) is 0 Å². The van der Waals surface area contributed by atoms with Gasteiger partial charge in [0.25, 0.3) is 0 Å². The van der Waals surface area contributed by atoms with Crippen LogP contribution >= 0.6 is 0 Å². The highest BCUT2D eigenvalue weighted by Gasteiger charge is 2.24. The molecular formula is C22H21N11O. The zero-order valence-electron chi connectivity index (χ0n) is 18.7. The van der Waals surface area contributed by atoms with E-state index in [1.165, 1.54) is 10.9 Å². The van der Waals surface area contributed by atoms with Crippen molar-refractivity contribution in [3.05, 3.63) is 47.3 Å². The number of amides is 1. The van der Waals surface area contributed by atoms with Gasteiger partial charge in [-0.2, -0.15) is 20.3 Å². The van der Waals surface area contributed by atoms with Crippen LogP contribution in [0.25, 0.3) is 5.82 Å². The van der Waals surface area contributed by atoms with E-state index in [1.54, 1.807) is 43.3 Å². The van der Waals surface area contributed by atoms with Gasteiger partial charge >= 0.3 is 0 Å². The number of pyridine rings is 2. The third-order valence-electron chi connectivity index (χ3n) is 5.48. The van der Waals surface area contributed by atoms with Gasteiger partial charge in [0, 0.05) is 45.0 Å². The van der Waals surface area contributed by atoms with Crippen molar-refractivity contribution < 1.29 is 4.79 Å². The Morgan fingerprint density at radius 1 is 1.15 bits per heavy atom. The fraction of sp³-hybridized carbons (Fsp3) is 0.273. The molecule has 1 amide bonds. The number of hydrogen-bond acceptors (Lipinski definition) is 10. The summed E-state index contributed by atoms with van der Waals surface area (Å²) in [7, 11) is 1.71. The van der Waals surface area contributed by atoms with Crippen LogP contribution in [0.3, 0.4) is 0 Å². The second-order valence-electron chi connectivity index (χ2n) is 7.42. The Morgan fingerprint density at radius 3 is 2.56 bits per heavy atom. The van der Waals surface area contributed by atoms with Gasteiger partial charge < -0.3 is 15.1 Å². The molecule has 0 bridgehead atoms. The number of hydrogen-bond donors (Lipinski definition) is 1. The quantitative estimate of drug-likeness (QED) is 0.439. The summed E-state index contributed by atoms with van der Waals surface area (Å²) in [6.45, 7) is 4.03. The highest BCUT2D eigenvalue weighted by molar-refractivity contribution is 5.75. The summed E-state index contributed by atoms with van der Waals surface area (Å²) in [5, 5.41) is 35.3. The second-order valence-corrected chi connectivity index (χ2v) is 7.42. The van der Waals surface area contributed by atoms with E-state index in [4.69, 9.17) is 0 Å². The monoisotopic (exact) mass is 455 g/mol. The largest absolute Gasteiger partial charge is 0.371 e. The van der Waals surface area contributed by atoms with Gasteiger partial charge in [0.15, 0.2) is 17.5 Å². The normalized spacial score (nSPS) is 13.5. The van der Waals surface area contributed by atoms with Crippen molar-refractivity contribution in [2.24, 2.45) is 10.2 Å². The van der Waals surface area contributed by atoms with Gasteiger partial charge in [-0.1, -0.05) is 6.07 Å². The highest BCUT2D eigenvalue weighted by Crippen LogP contribution is 2.36. The maximum Gasteiger partial charge on any atom is 0.209 e. The van der Waals surface area contributed by atoms with Crippen molar-refractivity contribution in [3.8, 4) is 18.0 Å². The molecule has 3 aromatic heterocycles. The molecule has 0 saturated carbocycles. The van der Waals surface area contributed by atoms with Gasteiger partial charge in [0.2, 0.25) is 6.41 Å². The zero-order valence-corrected chi connectivity index (χ0v) is 18.7. The molecule has 0 radical (unpaired) electrons. The van der Waals surface area contributed by atoms with Crippen molar-refractivity contribution in [2.45, 2.75) is 6.92 Å². The second kappa shape index (κ2) is 9.75. The summed E-state index contributed by atoms with van der Waals surface area (Å²) >= 11 is 0. The predicted octanol–water partition coefficient (Wildman–Crippen LogP) is 2.45. The lowest BCUT2D eigenvalue weighted by Gasteiger charge is -2.34. The highest BCUT2D eigenvalue weighted by atomic mass is 16.1. The van der Waals surface area contributed by atoms with E-state index in [0.29, 0.717) is 60.4 Å². The SMILES string of the molecule is CNc1nc(N2CCN(C=O)CC2)c(C#N)c(C)c1/N=N/c1c(C#N)cnn1-c1ccccn1. The molecule has 0 aromatic carbocycles. The number of azo groups is 1. The molecule has 1 aliphatic heterocycles. The lowest BCUT2D eigenvalue weighted by atomic mass is 10.1. The summed E-state index contributed by atoms with van der Waals surface area (Å²) in [4.78, 5) is 23.6. The summed E-state index contributed by atoms with van der Waals surface area (Å²) in [6, 6.07) is 9.62. The van der Waals surface area contributed by atoms with Crippen LogP contribution in [-0.2, 0) is 4.79 Å². The number of rotatable bonds is 6. The van der Waals surface area contributed by atoms with Crippen molar-refractivity contribution in [1.82, 2.24) is 24.6 Å². The van der Waals surface area contributed by atoms with E-state index in [9.17, 15) is 15.3 Å². The summed E-state index contributed by atoms with van der Waals surface area (Å²) in [5.74, 6) is 1.68. The Hall–Kier alpha value is -4.84. The lowest BCUT2D eigenvalue weighted by molar-refractivity contribution is -0.118. The van der Waals surface area contributed by atoms with E-state index in [-0.39, 0.29) is 11.4 Å². The topological polar surface area (TPSA) is 151 Å². The number of carbonyl (C=O) groups excluding carboxylic acids is 1. The van der Waals surface area contributed by atoms with Crippen LogP contribution in [0.15, 0.2) is 40.8 Å². The van der Waals surface area contributed by atoms with Crippen molar-refractivity contribution >= 4 is 29.6 Å². The predicted molar refractivity (Wildman–Crippen MR) is 123 cm³/mol. The first-order chi connectivity index (χ1) is 16.6. The molecule has 3 aromatic rings. The Bertz CT molecular complexity index is 1310. The molecule has 0 unspecified atom stereocenters. The minimum atomic E-state index is 0.218. The van der Waals surface area contributed by atoms with Crippen LogP contribution in [0.5, 0.6) is 0 Å². The Kier molecular flexibility index (Phi) is 6.41. The molecule has 4 rings (SSSR count). The van der Waals surface area contributed by atoms with E-state index in [1.807, 2.05) is 4.90 Å². The minimum Gasteiger partial charge on any atom is -0.371 e. The van der Waals surface area contributed by atoms with Gasteiger partial charge in [-0.3, -0.25) is 4.79 Å². The standard InChI is InChI=1S/C22H21N11O/c1-15-17(12-24)22(32-9-7-31(14-34)8-10-32)28-20(25-2)19(15)29-30-21-16(11-23)13-27-33(21)18-5-3-4-6-26-18/h3-6,13-14H,7-10H2,1-2H3,(H,25,28)/b30-29+. The van der Waals surface area contributed by atoms with Crippen LogP contribution in [0.4, 0.5) is 23.1 Å². The lowest BCUT2D eigenvalue weighted by Crippen LogP contribution is -2.46. The van der Waals surface area contributed by atoms with E-state index in [2.05, 4.69) is 42.8 Å². The number of carbonyl (C=O) groups is 1. The van der Waals surface area contributed by atoms with Gasteiger partial charge in [-0.05, 0) is 19.1 Å². The first-order valence-corrected chi connectivity index (χ1v) is 10.5. The van der Waals surface area contributed by atoms with Crippen molar-refractivity contribution in [2.75, 3.05) is 43.4 Å². The number of nitrogens with zero attached hydrogens (tertiary/aromatic N) is 10. The van der Waals surface area contributed by atoms with Crippen LogP contribution in [0, 0.1) is 29.6 Å². The third-order valence-corrected chi connectivity index (χ3v) is 5.48. The van der Waals surface area contributed by atoms with Gasteiger partial charge in [-0.25, -0.2) is 9.97 Å².